The standard InChI is InChI=1S/C24H23Cl2FN2O4S/c1-16(19-6-3-4-9-23(19)33-2)28-24(30)15-29(14-20-21(26)7-5-8-22(20)27)34(31,32)18-12-10-17(25)11-13-18/h3-13,16H,14-15H2,1-2H3,(H,28,30). The zero-order chi connectivity index (χ0) is 24.9. The van der Waals surface area contributed by atoms with E-state index < -0.39 is 40.9 Å². The van der Waals surface area contributed by atoms with Crippen molar-refractivity contribution in [2.24, 2.45) is 0 Å². The van der Waals surface area contributed by atoms with Crippen LogP contribution in [0.25, 0.3) is 0 Å². The maximum absolute atomic E-state index is 14.5. The highest BCUT2D eigenvalue weighted by Gasteiger charge is 2.29. The van der Waals surface area contributed by atoms with Gasteiger partial charge in [0.05, 0.1) is 24.6 Å². The predicted molar refractivity (Wildman–Crippen MR) is 130 cm³/mol. The molecule has 0 saturated carbocycles. The van der Waals surface area contributed by atoms with Crippen molar-refractivity contribution < 1.29 is 22.3 Å². The number of amides is 1. The average Bonchev–Trinajstić information content (AvgIpc) is 2.80. The molecule has 0 radical (unpaired) electrons. The van der Waals surface area contributed by atoms with Crippen LogP contribution in [0.4, 0.5) is 4.39 Å². The summed E-state index contributed by atoms with van der Waals surface area (Å²) < 4.78 is 47.4. The lowest BCUT2D eigenvalue weighted by Crippen LogP contribution is -2.41. The number of halogens is 3. The van der Waals surface area contributed by atoms with E-state index >= 15 is 0 Å². The summed E-state index contributed by atoms with van der Waals surface area (Å²) in [7, 11) is -2.67. The number of methoxy groups -OCH3 is 1. The van der Waals surface area contributed by atoms with Crippen LogP contribution in [0.1, 0.15) is 24.1 Å². The van der Waals surface area contributed by atoms with E-state index in [2.05, 4.69) is 5.32 Å². The molecule has 0 aliphatic rings. The molecule has 0 aliphatic heterocycles. The highest BCUT2D eigenvalue weighted by Crippen LogP contribution is 2.27. The number of hydrogen-bond donors (Lipinski definition) is 1. The van der Waals surface area contributed by atoms with Crippen LogP contribution >= 0.6 is 23.2 Å². The van der Waals surface area contributed by atoms with E-state index in [9.17, 15) is 17.6 Å². The van der Waals surface area contributed by atoms with E-state index in [1.807, 2.05) is 0 Å². The number of nitrogens with zero attached hydrogens (tertiary/aromatic N) is 1. The van der Waals surface area contributed by atoms with E-state index in [1.165, 1.54) is 49.6 Å². The van der Waals surface area contributed by atoms with E-state index in [1.54, 1.807) is 31.2 Å². The molecule has 0 fully saturated rings. The molecule has 3 aromatic carbocycles. The first kappa shape index (κ1) is 26.0. The smallest absolute Gasteiger partial charge is 0.243 e. The number of para-hydroxylation sites is 1. The molecule has 0 heterocycles. The number of ether oxygens (including phenoxy) is 1. The van der Waals surface area contributed by atoms with Crippen LogP contribution in [0.3, 0.4) is 0 Å². The minimum atomic E-state index is -4.19. The number of carbonyl (C=O) groups excluding carboxylic acids is 1. The van der Waals surface area contributed by atoms with E-state index in [0.29, 0.717) is 10.8 Å². The summed E-state index contributed by atoms with van der Waals surface area (Å²) >= 11 is 12.0. The van der Waals surface area contributed by atoms with Gasteiger partial charge in [-0.15, -0.1) is 0 Å². The molecule has 1 amide bonds. The maximum Gasteiger partial charge on any atom is 0.243 e. The molecule has 3 rings (SSSR count). The Bertz CT molecular complexity index is 1250. The van der Waals surface area contributed by atoms with Crippen LogP contribution < -0.4 is 10.1 Å². The Morgan fingerprint density at radius 1 is 1.06 bits per heavy atom. The molecule has 0 aliphatic carbocycles. The Kier molecular flexibility index (Phi) is 8.54. The largest absolute Gasteiger partial charge is 0.496 e. The molecule has 0 aromatic heterocycles. The zero-order valence-electron chi connectivity index (χ0n) is 18.5. The minimum Gasteiger partial charge on any atom is -0.496 e. The summed E-state index contributed by atoms with van der Waals surface area (Å²) in [5.74, 6) is -0.672. The third kappa shape index (κ3) is 6.07. The number of carbonyl (C=O) groups is 1. The van der Waals surface area contributed by atoms with Gasteiger partial charge in [0, 0.05) is 27.7 Å². The Balaban J connectivity index is 1.90. The number of rotatable bonds is 9. The first-order valence-corrected chi connectivity index (χ1v) is 12.4. The van der Waals surface area contributed by atoms with Gasteiger partial charge in [0.15, 0.2) is 0 Å². The van der Waals surface area contributed by atoms with Crippen LogP contribution in [-0.2, 0) is 21.4 Å². The molecule has 1 unspecified atom stereocenters. The predicted octanol–water partition coefficient (Wildman–Crippen LogP) is 5.21. The fourth-order valence-corrected chi connectivity index (χ4v) is 5.10. The van der Waals surface area contributed by atoms with Gasteiger partial charge in [0.25, 0.3) is 0 Å². The van der Waals surface area contributed by atoms with E-state index in [4.69, 9.17) is 27.9 Å². The number of hydrogen-bond acceptors (Lipinski definition) is 4. The maximum atomic E-state index is 14.5. The second-order valence-corrected chi connectivity index (χ2v) is 10.2. The van der Waals surface area contributed by atoms with Gasteiger partial charge in [-0.3, -0.25) is 4.79 Å². The van der Waals surface area contributed by atoms with E-state index in [0.717, 1.165) is 9.87 Å². The Hall–Kier alpha value is -2.65. The fraction of sp³-hybridized carbons (Fsp3) is 0.208. The minimum absolute atomic E-state index is 0.0349. The van der Waals surface area contributed by atoms with Crippen LogP contribution in [0.5, 0.6) is 5.75 Å². The van der Waals surface area contributed by atoms with Crippen LogP contribution in [0.2, 0.25) is 10.0 Å². The fourth-order valence-electron chi connectivity index (χ4n) is 3.39. The highest BCUT2D eigenvalue weighted by molar-refractivity contribution is 7.89. The molecule has 180 valence electrons. The average molecular weight is 525 g/mol. The number of benzene rings is 3. The SMILES string of the molecule is COc1ccccc1C(C)NC(=O)CN(Cc1c(F)cccc1Cl)S(=O)(=O)c1ccc(Cl)cc1. The number of nitrogens with one attached hydrogen (secondary N) is 1. The van der Waals surface area contributed by atoms with Crippen molar-refractivity contribution in [1.82, 2.24) is 9.62 Å². The molecule has 6 nitrogen and oxygen atoms in total. The van der Waals surface area contributed by atoms with Crippen LogP contribution in [0.15, 0.2) is 71.6 Å². The van der Waals surface area contributed by atoms with Crippen LogP contribution in [-0.4, -0.2) is 32.3 Å². The molecule has 1 atom stereocenters. The van der Waals surface area contributed by atoms with Gasteiger partial charge in [-0.2, -0.15) is 4.31 Å². The van der Waals surface area contributed by atoms with Gasteiger partial charge >= 0.3 is 0 Å². The molecular formula is C24H23Cl2FN2O4S. The monoisotopic (exact) mass is 524 g/mol. The summed E-state index contributed by atoms with van der Waals surface area (Å²) in [5.41, 5.74) is 0.690. The Morgan fingerprint density at radius 2 is 1.74 bits per heavy atom. The van der Waals surface area contributed by atoms with Crippen molar-refractivity contribution in [1.29, 1.82) is 0 Å². The number of sulfonamides is 1. The molecule has 1 N–H and O–H groups in total. The molecule has 0 bridgehead atoms. The second kappa shape index (κ2) is 11.2. The molecule has 0 spiro atoms. The molecule has 3 aromatic rings. The van der Waals surface area contributed by atoms with Gasteiger partial charge in [0.1, 0.15) is 11.6 Å². The van der Waals surface area contributed by atoms with Crippen molar-refractivity contribution in [3.8, 4) is 5.75 Å². The summed E-state index contributed by atoms with van der Waals surface area (Å²) in [6.07, 6.45) is 0. The lowest BCUT2D eigenvalue weighted by atomic mass is 10.1. The quantitative estimate of drug-likeness (QED) is 0.416. The van der Waals surface area contributed by atoms with Crippen molar-refractivity contribution >= 4 is 39.1 Å². The lowest BCUT2D eigenvalue weighted by Gasteiger charge is -2.24. The summed E-state index contributed by atoms with van der Waals surface area (Å²) in [6, 6.07) is 16.2. The normalized spacial score (nSPS) is 12.4. The Morgan fingerprint density at radius 3 is 2.38 bits per heavy atom. The highest BCUT2D eigenvalue weighted by atomic mass is 35.5. The summed E-state index contributed by atoms with van der Waals surface area (Å²) in [5, 5.41) is 3.18. The third-order valence-electron chi connectivity index (χ3n) is 5.15. The Labute approximate surface area is 208 Å². The van der Waals surface area contributed by atoms with Gasteiger partial charge in [0.2, 0.25) is 15.9 Å². The first-order valence-electron chi connectivity index (χ1n) is 10.2. The molecular weight excluding hydrogens is 502 g/mol. The first-order chi connectivity index (χ1) is 16.1. The molecule has 10 heteroatoms. The van der Waals surface area contributed by atoms with Crippen molar-refractivity contribution in [2.75, 3.05) is 13.7 Å². The summed E-state index contributed by atoms with van der Waals surface area (Å²) in [6.45, 7) is 0.754. The van der Waals surface area contributed by atoms with E-state index in [-0.39, 0.29) is 15.5 Å². The van der Waals surface area contributed by atoms with Crippen LogP contribution in [0, 0.1) is 5.82 Å². The lowest BCUT2D eigenvalue weighted by molar-refractivity contribution is -0.122. The van der Waals surface area contributed by atoms with Gasteiger partial charge in [-0.1, -0.05) is 47.5 Å². The van der Waals surface area contributed by atoms with Gasteiger partial charge < -0.3 is 10.1 Å². The van der Waals surface area contributed by atoms with Crippen molar-refractivity contribution in [3.63, 3.8) is 0 Å². The zero-order valence-corrected chi connectivity index (χ0v) is 20.8. The topological polar surface area (TPSA) is 75.7 Å². The van der Waals surface area contributed by atoms with Gasteiger partial charge in [-0.25, -0.2) is 12.8 Å². The third-order valence-corrected chi connectivity index (χ3v) is 7.56. The van der Waals surface area contributed by atoms with Crippen molar-refractivity contribution in [2.45, 2.75) is 24.4 Å². The van der Waals surface area contributed by atoms with Gasteiger partial charge in [-0.05, 0) is 49.4 Å². The molecule has 0 saturated heterocycles. The second-order valence-electron chi connectivity index (χ2n) is 7.46. The molecule has 34 heavy (non-hydrogen) atoms. The summed E-state index contributed by atoms with van der Waals surface area (Å²) in [4.78, 5) is 12.8. The van der Waals surface area contributed by atoms with Crippen molar-refractivity contribution in [3.05, 3.63) is 93.7 Å².